The van der Waals surface area contributed by atoms with E-state index in [9.17, 15) is 0 Å². The van der Waals surface area contributed by atoms with Crippen LogP contribution in [0.2, 0.25) is 0 Å². The zero-order chi connectivity index (χ0) is 13.4. The molecule has 0 aliphatic rings. The Morgan fingerprint density at radius 1 is 0.895 bits per heavy atom. The predicted octanol–water partition coefficient (Wildman–Crippen LogP) is 4.83. The van der Waals surface area contributed by atoms with Crippen LogP contribution in [0, 0.1) is 20.8 Å². The summed E-state index contributed by atoms with van der Waals surface area (Å²) < 4.78 is 0. The molecule has 0 atom stereocenters. The molecule has 3 aromatic rings. The number of hydrogen-bond acceptors (Lipinski definition) is 1. The lowest BCUT2D eigenvalue weighted by Gasteiger charge is -2.12. The SMILES string of the molecule is Cc1cc(C)c(C)c(-c2nccc3ccccc23)c1. The molecule has 0 aliphatic heterocycles. The maximum Gasteiger partial charge on any atom is 0.0783 e. The molecule has 3 rings (SSSR count). The van der Waals surface area contributed by atoms with Crippen molar-refractivity contribution in [2.24, 2.45) is 0 Å². The fourth-order valence-electron chi connectivity index (χ4n) is 2.62. The lowest BCUT2D eigenvalue weighted by Crippen LogP contribution is -1.93. The minimum absolute atomic E-state index is 1.09. The highest BCUT2D eigenvalue weighted by Gasteiger charge is 2.09. The molecule has 19 heavy (non-hydrogen) atoms. The fraction of sp³-hybridized carbons (Fsp3) is 0.167. The first-order valence-corrected chi connectivity index (χ1v) is 6.59. The van der Waals surface area contributed by atoms with Crippen LogP contribution < -0.4 is 0 Å². The van der Waals surface area contributed by atoms with Crippen molar-refractivity contribution in [1.29, 1.82) is 0 Å². The summed E-state index contributed by atoms with van der Waals surface area (Å²) >= 11 is 0. The molecule has 1 nitrogen and oxygen atoms in total. The molecule has 0 spiro atoms. The van der Waals surface area contributed by atoms with Gasteiger partial charge in [0.1, 0.15) is 0 Å². The van der Waals surface area contributed by atoms with Gasteiger partial charge in [-0.15, -0.1) is 0 Å². The molecule has 0 saturated carbocycles. The molecule has 0 unspecified atom stereocenters. The second-order valence-corrected chi connectivity index (χ2v) is 5.14. The van der Waals surface area contributed by atoms with E-state index in [-0.39, 0.29) is 0 Å². The molecule has 0 bridgehead atoms. The zero-order valence-corrected chi connectivity index (χ0v) is 11.6. The summed E-state index contributed by atoms with van der Waals surface area (Å²) in [6.45, 7) is 6.48. The van der Waals surface area contributed by atoms with Crippen molar-refractivity contribution in [2.45, 2.75) is 20.8 Å². The fourth-order valence-corrected chi connectivity index (χ4v) is 2.62. The standard InChI is InChI=1S/C18H17N/c1-12-10-13(2)14(3)17(11-12)18-16-7-5-4-6-15(16)8-9-19-18/h4-11H,1-3H3. The lowest BCUT2D eigenvalue weighted by molar-refractivity contribution is 1.27. The number of aromatic nitrogens is 1. The summed E-state index contributed by atoms with van der Waals surface area (Å²) in [4.78, 5) is 4.62. The van der Waals surface area contributed by atoms with Gasteiger partial charge in [0.05, 0.1) is 5.69 Å². The van der Waals surface area contributed by atoms with Crippen LogP contribution in [-0.4, -0.2) is 4.98 Å². The molecule has 1 aromatic heterocycles. The second kappa shape index (κ2) is 4.51. The maximum atomic E-state index is 4.62. The molecule has 1 heteroatoms. The third-order valence-corrected chi connectivity index (χ3v) is 3.74. The van der Waals surface area contributed by atoms with Crippen LogP contribution in [-0.2, 0) is 0 Å². The van der Waals surface area contributed by atoms with E-state index in [0.717, 1.165) is 5.69 Å². The van der Waals surface area contributed by atoms with E-state index in [2.05, 4.69) is 68.2 Å². The van der Waals surface area contributed by atoms with Crippen molar-refractivity contribution >= 4 is 10.8 Å². The van der Waals surface area contributed by atoms with Gasteiger partial charge < -0.3 is 0 Å². The molecule has 0 radical (unpaired) electrons. The summed E-state index contributed by atoms with van der Waals surface area (Å²) in [5.41, 5.74) is 6.25. The average Bonchev–Trinajstić information content (AvgIpc) is 2.42. The summed E-state index contributed by atoms with van der Waals surface area (Å²) in [7, 11) is 0. The largest absolute Gasteiger partial charge is 0.256 e. The van der Waals surface area contributed by atoms with Gasteiger partial charge in [0, 0.05) is 17.1 Å². The second-order valence-electron chi connectivity index (χ2n) is 5.14. The van der Waals surface area contributed by atoms with Crippen molar-refractivity contribution in [3.8, 4) is 11.3 Å². The van der Waals surface area contributed by atoms with E-state index in [0.29, 0.717) is 0 Å². The first-order chi connectivity index (χ1) is 9.16. The number of aryl methyl sites for hydroxylation is 2. The molecule has 2 aromatic carbocycles. The highest BCUT2D eigenvalue weighted by atomic mass is 14.7. The molecule has 0 N–H and O–H groups in total. The summed E-state index contributed by atoms with van der Waals surface area (Å²) in [5, 5.41) is 2.46. The Kier molecular flexibility index (Phi) is 2.83. The van der Waals surface area contributed by atoms with Crippen molar-refractivity contribution in [3.05, 3.63) is 65.4 Å². The maximum absolute atomic E-state index is 4.62. The number of fused-ring (bicyclic) bond motifs is 1. The number of nitrogens with zero attached hydrogens (tertiary/aromatic N) is 1. The normalized spacial score (nSPS) is 10.9. The van der Waals surface area contributed by atoms with Gasteiger partial charge in [0.15, 0.2) is 0 Å². The van der Waals surface area contributed by atoms with Crippen LogP contribution in [0.4, 0.5) is 0 Å². The zero-order valence-electron chi connectivity index (χ0n) is 11.6. The third kappa shape index (κ3) is 2.01. The van der Waals surface area contributed by atoms with Crippen LogP contribution >= 0.6 is 0 Å². The Hall–Kier alpha value is -2.15. The van der Waals surface area contributed by atoms with E-state index in [1.807, 2.05) is 6.20 Å². The Morgan fingerprint density at radius 2 is 1.68 bits per heavy atom. The minimum Gasteiger partial charge on any atom is -0.256 e. The average molecular weight is 247 g/mol. The molecule has 94 valence electrons. The van der Waals surface area contributed by atoms with E-state index in [1.165, 1.54) is 33.0 Å². The van der Waals surface area contributed by atoms with Crippen LogP contribution in [0.5, 0.6) is 0 Å². The van der Waals surface area contributed by atoms with Gasteiger partial charge >= 0.3 is 0 Å². The van der Waals surface area contributed by atoms with Gasteiger partial charge in [-0.1, -0.05) is 35.9 Å². The smallest absolute Gasteiger partial charge is 0.0783 e. The summed E-state index contributed by atoms with van der Waals surface area (Å²) in [6.07, 6.45) is 1.90. The van der Waals surface area contributed by atoms with Crippen LogP contribution in [0.3, 0.4) is 0 Å². The Labute approximate surface area is 113 Å². The van der Waals surface area contributed by atoms with E-state index >= 15 is 0 Å². The number of benzene rings is 2. The minimum atomic E-state index is 1.09. The molecule has 0 saturated heterocycles. The summed E-state index contributed by atoms with van der Waals surface area (Å²) in [5.74, 6) is 0. The molecule has 0 fully saturated rings. The first kappa shape index (κ1) is 11.9. The van der Waals surface area contributed by atoms with Gasteiger partial charge in [-0.3, -0.25) is 4.98 Å². The van der Waals surface area contributed by atoms with Crippen LogP contribution in [0.1, 0.15) is 16.7 Å². The summed E-state index contributed by atoms with van der Waals surface area (Å²) in [6, 6.07) is 15.0. The molecule has 0 aliphatic carbocycles. The number of rotatable bonds is 1. The third-order valence-electron chi connectivity index (χ3n) is 3.74. The van der Waals surface area contributed by atoms with Crippen LogP contribution in [0.15, 0.2) is 48.7 Å². The van der Waals surface area contributed by atoms with E-state index in [4.69, 9.17) is 0 Å². The molecule has 1 heterocycles. The van der Waals surface area contributed by atoms with Crippen molar-refractivity contribution in [3.63, 3.8) is 0 Å². The predicted molar refractivity (Wildman–Crippen MR) is 81.4 cm³/mol. The Morgan fingerprint density at radius 3 is 2.53 bits per heavy atom. The molecular formula is C18H17N. The van der Waals surface area contributed by atoms with Gasteiger partial charge in [-0.2, -0.15) is 0 Å². The van der Waals surface area contributed by atoms with Gasteiger partial charge in [0.25, 0.3) is 0 Å². The first-order valence-electron chi connectivity index (χ1n) is 6.59. The highest BCUT2D eigenvalue weighted by molar-refractivity contribution is 5.95. The Bertz CT molecular complexity index is 751. The molecule has 0 amide bonds. The quantitative estimate of drug-likeness (QED) is 0.600. The van der Waals surface area contributed by atoms with Gasteiger partial charge in [-0.05, 0) is 49.4 Å². The Balaban J connectivity index is 2.37. The van der Waals surface area contributed by atoms with E-state index in [1.54, 1.807) is 0 Å². The monoisotopic (exact) mass is 247 g/mol. The van der Waals surface area contributed by atoms with Crippen molar-refractivity contribution in [1.82, 2.24) is 4.98 Å². The number of hydrogen-bond donors (Lipinski definition) is 0. The van der Waals surface area contributed by atoms with Crippen molar-refractivity contribution in [2.75, 3.05) is 0 Å². The van der Waals surface area contributed by atoms with E-state index < -0.39 is 0 Å². The molecular weight excluding hydrogens is 230 g/mol. The topological polar surface area (TPSA) is 12.9 Å². The van der Waals surface area contributed by atoms with Crippen LogP contribution in [0.25, 0.3) is 22.0 Å². The van der Waals surface area contributed by atoms with Gasteiger partial charge in [0.2, 0.25) is 0 Å². The highest BCUT2D eigenvalue weighted by Crippen LogP contribution is 2.30. The van der Waals surface area contributed by atoms with Crippen molar-refractivity contribution < 1.29 is 0 Å². The lowest BCUT2D eigenvalue weighted by atomic mass is 9.95. The van der Waals surface area contributed by atoms with Gasteiger partial charge in [-0.25, -0.2) is 0 Å². The number of pyridine rings is 1.